The summed E-state index contributed by atoms with van der Waals surface area (Å²) in [7, 11) is 0. The Hall–Kier alpha value is -0.460. The van der Waals surface area contributed by atoms with Crippen molar-refractivity contribution in [2.24, 2.45) is 0 Å². The Morgan fingerprint density at radius 3 is 2.58 bits per heavy atom. The molecule has 0 atom stereocenters. The molecule has 0 aromatic carbocycles. The van der Waals surface area contributed by atoms with Gasteiger partial charge in [0.25, 0.3) is 0 Å². The third-order valence-corrected chi connectivity index (χ3v) is 4.09. The molecule has 12 heavy (non-hydrogen) atoms. The maximum atomic E-state index is 10.4. The van der Waals surface area contributed by atoms with E-state index in [2.05, 4.69) is 15.9 Å². The van der Waals surface area contributed by atoms with Crippen molar-refractivity contribution in [2.45, 2.75) is 0 Å². The fraction of sp³-hybridized carbons (Fsp3) is 0. The Balaban J connectivity index is 2.64. The van der Waals surface area contributed by atoms with E-state index in [0.717, 1.165) is 13.2 Å². The number of hydrogen-bond donors (Lipinski definition) is 0. The van der Waals surface area contributed by atoms with Crippen molar-refractivity contribution in [3.05, 3.63) is 26.0 Å². The minimum atomic E-state index is -0.356. The highest BCUT2D eigenvalue weighted by molar-refractivity contribution is 9.11. The zero-order chi connectivity index (χ0) is 8.72. The van der Waals surface area contributed by atoms with E-state index in [-0.39, 0.29) is 9.92 Å². The second-order valence-electron chi connectivity index (χ2n) is 2.12. The summed E-state index contributed by atoms with van der Waals surface area (Å²) in [6.07, 6.45) is 0. The van der Waals surface area contributed by atoms with Gasteiger partial charge in [-0.3, -0.25) is 10.1 Å². The van der Waals surface area contributed by atoms with E-state index in [4.69, 9.17) is 0 Å². The molecule has 2 aromatic rings. The van der Waals surface area contributed by atoms with Gasteiger partial charge in [0.15, 0.2) is 0 Å². The summed E-state index contributed by atoms with van der Waals surface area (Å²) in [6, 6.07) is 3.51. The number of halogens is 1. The smallest absolute Gasteiger partial charge is 0.258 e. The molecule has 2 aromatic heterocycles. The zero-order valence-corrected chi connectivity index (χ0v) is 8.83. The van der Waals surface area contributed by atoms with Crippen LogP contribution in [-0.4, -0.2) is 4.92 Å². The Morgan fingerprint density at radius 2 is 2.00 bits per heavy atom. The van der Waals surface area contributed by atoms with Crippen LogP contribution in [0.15, 0.2) is 15.9 Å². The highest BCUT2D eigenvalue weighted by atomic mass is 79.9. The monoisotopic (exact) mass is 263 g/mol. The number of nitro groups is 1. The van der Waals surface area contributed by atoms with Gasteiger partial charge in [-0.15, -0.1) is 11.3 Å². The average molecular weight is 264 g/mol. The van der Waals surface area contributed by atoms with Crippen LogP contribution in [0.25, 0.3) is 9.40 Å². The summed E-state index contributed by atoms with van der Waals surface area (Å²) >= 11 is 6.04. The first-order valence-corrected chi connectivity index (χ1v) is 5.42. The van der Waals surface area contributed by atoms with Crippen LogP contribution < -0.4 is 0 Å². The maximum Gasteiger partial charge on any atom is 0.326 e. The van der Waals surface area contributed by atoms with Gasteiger partial charge in [-0.05, 0) is 22.0 Å². The Labute approximate surface area is 83.9 Å². The topological polar surface area (TPSA) is 43.1 Å². The zero-order valence-electron chi connectivity index (χ0n) is 5.61. The highest BCUT2D eigenvalue weighted by Gasteiger charge is 2.12. The standard InChI is InChI=1S/C6H2BrNO2S2/c7-5-1-3-4(11-5)2-6(12-3)8(9)10/h1-2H. The van der Waals surface area contributed by atoms with E-state index in [1.165, 1.54) is 22.7 Å². The van der Waals surface area contributed by atoms with Crippen molar-refractivity contribution >= 4 is 53.0 Å². The Kier molecular flexibility index (Phi) is 1.90. The normalized spacial score (nSPS) is 10.8. The van der Waals surface area contributed by atoms with Gasteiger partial charge >= 0.3 is 5.00 Å². The van der Waals surface area contributed by atoms with Gasteiger partial charge in [0.1, 0.15) is 0 Å². The molecular weight excluding hydrogens is 262 g/mol. The first kappa shape index (κ1) is 8.15. The molecule has 3 nitrogen and oxygen atoms in total. The molecule has 62 valence electrons. The third-order valence-electron chi connectivity index (χ3n) is 1.34. The van der Waals surface area contributed by atoms with E-state index in [1.807, 2.05) is 6.07 Å². The summed E-state index contributed by atoms with van der Waals surface area (Å²) in [5.74, 6) is 0. The lowest BCUT2D eigenvalue weighted by molar-refractivity contribution is -0.380. The number of nitrogens with zero attached hydrogens (tertiary/aromatic N) is 1. The molecule has 0 aliphatic rings. The molecule has 0 radical (unpaired) electrons. The van der Waals surface area contributed by atoms with Crippen LogP contribution in [0.2, 0.25) is 0 Å². The van der Waals surface area contributed by atoms with Crippen molar-refractivity contribution in [2.75, 3.05) is 0 Å². The van der Waals surface area contributed by atoms with E-state index in [1.54, 1.807) is 6.07 Å². The SMILES string of the molecule is O=[N+]([O-])c1cc2sc(Br)cc2s1. The van der Waals surface area contributed by atoms with E-state index in [9.17, 15) is 10.1 Å². The van der Waals surface area contributed by atoms with Gasteiger partial charge in [0, 0.05) is 6.07 Å². The molecule has 0 unspecified atom stereocenters. The van der Waals surface area contributed by atoms with Crippen LogP contribution in [0.1, 0.15) is 0 Å². The van der Waals surface area contributed by atoms with Crippen molar-refractivity contribution in [3.63, 3.8) is 0 Å². The van der Waals surface area contributed by atoms with Gasteiger partial charge in [0.05, 0.1) is 18.1 Å². The molecule has 0 bridgehead atoms. The number of rotatable bonds is 1. The van der Waals surface area contributed by atoms with Gasteiger partial charge in [-0.2, -0.15) is 0 Å². The second kappa shape index (κ2) is 2.79. The first-order chi connectivity index (χ1) is 5.66. The van der Waals surface area contributed by atoms with Gasteiger partial charge in [0.2, 0.25) is 0 Å². The van der Waals surface area contributed by atoms with Crippen molar-refractivity contribution in [1.82, 2.24) is 0 Å². The second-order valence-corrected chi connectivity index (χ2v) is 5.65. The minimum Gasteiger partial charge on any atom is -0.258 e. The van der Waals surface area contributed by atoms with Gasteiger partial charge < -0.3 is 0 Å². The van der Waals surface area contributed by atoms with Crippen molar-refractivity contribution in [3.8, 4) is 0 Å². The minimum absolute atomic E-state index is 0.212. The summed E-state index contributed by atoms with van der Waals surface area (Å²) in [5, 5.41) is 10.6. The number of thiophene rings is 2. The summed E-state index contributed by atoms with van der Waals surface area (Å²) < 4.78 is 2.95. The van der Waals surface area contributed by atoms with Gasteiger partial charge in [-0.25, -0.2) is 0 Å². The van der Waals surface area contributed by atoms with Crippen LogP contribution in [0.3, 0.4) is 0 Å². The fourth-order valence-corrected chi connectivity index (χ4v) is 3.72. The van der Waals surface area contributed by atoms with E-state index in [0.29, 0.717) is 0 Å². The van der Waals surface area contributed by atoms with Crippen LogP contribution in [0.4, 0.5) is 5.00 Å². The summed E-state index contributed by atoms with van der Waals surface area (Å²) in [5.41, 5.74) is 0. The Bertz CT molecular complexity index is 416. The molecule has 0 N–H and O–H groups in total. The molecular formula is C6H2BrNO2S2. The summed E-state index contributed by atoms with van der Waals surface area (Å²) in [6.45, 7) is 0. The number of hydrogen-bond acceptors (Lipinski definition) is 4. The molecule has 0 saturated carbocycles. The molecule has 2 rings (SSSR count). The van der Waals surface area contributed by atoms with Crippen LogP contribution in [-0.2, 0) is 0 Å². The molecule has 0 saturated heterocycles. The fourth-order valence-electron chi connectivity index (χ4n) is 0.884. The summed E-state index contributed by atoms with van der Waals surface area (Å²) in [4.78, 5) is 10.0. The molecule has 0 spiro atoms. The van der Waals surface area contributed by atoms with Gasteiger partial charge in [-0.1, -0.05) is 11.3 Å². The number of fused-ring (bicyclic) bond motifs is 1. The highest BCUT2D eigenvalue weighted by Crippen LogP contribution is 2.38. The van der Waals surface area contributed by atoms with E-state index >= 15 is 0 Å². The quantitative estimate of drug-likeness (QED) is 0.583. The van der Waals surface area contributed by atoms with Crippen molar-refractivity contribution in [1.29, 1.82) is 0 Å². The molecule has 0 fully saturated rings. The molecule has 0 aliphatic carbocycles. The van der Waals surface area contributed by atoms with Crippen LogP contribution >= 0.6 is 38.6 Å². The third kappa shape index (κ3) is 1.26. The maximum absolute atomic E-state index is 10.4. The van der Waals surface area contributed by atoms with Crippen molar-refractivity contribution < 1.29 is 4.92 Å². The van der Waals surface area contributed by atoms with E-state index < -0.39 is 0 Å². The first-order valence-electron chi connectivity index (χ1n) is 3.00. The predicted octanol–water partition coefficient (Wildman–Crippen LogP) is 3.63. The molecule has 2 heterocycles. The largest absolute Gasteiger partial charge is 0.326 e. The molecule has 0 amide bonds. The Morgan fingerprint density at radius 1 is 1.33 bits per heavy atom. The van der Waals surface area contributed by atoms with Crippen LogP contribution in [0.5, 0.6) is 0 Å². The lowest BCUT2D eigenvalue weighted by Gasteiger charge is -1.78. The lowest BCUT2D eigenvalue weighted by atomic mass is 10.5. The van der Waals surface area contributed by atoms with Crippen LogP contribution in [0, 0.1) is 10.1 Å². The predicted molar refractivity (Wildman–Crippen MR) is 54.1 cm³/mol. The lowest BCUT2D eigenvalue weighted by Crippen LogP contribution is -1.80. The molecule has 6 heteroatoms. The average Bonchev–Trinajstić information content (AvgIpc) is 2.42. The molecule has 0 aliphatic heterocycles.